The highest BCUT2D eigenvalue weighted by molar-refractivity contribution is 7.10. The Hall–Kier alpha value is -2.40. The summed E-state index contributed by atoms with van der Waals surface area (Å²) < 4.78 is 0. The standard InChI is InChI=1S/C16H16N2O2S/c1-2-17-16(20)13-7-3-4-8-14(13)18-15(19)10-9-12-6-5-11-21-12/h3-11H,2H2,1H3,(H,17,20)(H,18,19)/b10-9+. The average Bonchev–Trinajstić information content (AvgIpc) is 2.99. The number of anilines is 1. The number of hydrogen-bond donors (Lipinski definition) is 2. The van der Waals surface area contributed by atoms with Crippen LogP contribution in [0, 0.1) is 0 Å². The first-order chi connectivity index (χ1) is 10.2. The zero-order chi connectivity index (χ0) is 15.1. The monoisotopic (exact) mass is 300 g/mol. The van der Waals surface area contributed by atoms with E-state index in [2.05, 4.69) is 10.6 Å². The van der Waals surface area contributed by atoms with Gasteiger partial charge in [0.05, 0.1) is 11.3 Å². The molecule has 2 aromatic rings. The molecule has 0 atom stereocenters. The Morgan fingerprint density at radius 1 is 1.19 bits per heavy atom. The molecule has 21 heavy (non-hydrogen) atoms. The molecule has 5 heteroatoms. The van der Waals surface area contributed by atoms with Crippen LogP contribution in [0.1, 0.15) is 22.2 Å². The zero-order valence-electron chi connectivity index (χ0n) is 11.6. The molecule has 1 aromatic heterocycles. The third-order valence-electron chi connectivity index (χ3n) is 2.71. The highest BCUT2D eigenvalue weighted by Crippen LogP contribution is 2.15. The van der Waals surface area contributed by atoms with E-state index in [4.69, 9.17) is 0 Å². The minimum absolute atomic E-state index is 0.198. The predicted molar refractivity (Wildman–Crippen MR) is 86.4 cm³/mol. The number of nitrogens with one attached hydrogen (secondary N) is 2. The van der Waals surface area contributed by atoms with Crippen LogP contribution in [0.2, 0.25) is 0 Å². The van der Waals surface area contributed by atoms with Gasteiger partial charge >= 0.3 is 0 Å². The minimum Gasteiger partial charge on any atom is -0.352 e. The lowest BCUT2D eigenvalue weighted by atomic mass is 10.1. The molecule has 0 aliphatic rings. The molecule has 108 valence electrons. The first-order valence-electron chi connectivity index (χ1n) is 6.60. The zero-order valence-corrected chi connectivity index (χ0v) is 12.4. The summed E-state index contributed by atoms with van der Waals surface area (Å²) in [4.78, 5) is 24.8. The summed E-state index contributed by atoms with van der Waals surface area (Å²) in [5.74, 6) is -0.462. The number of carbonyl (C=O) groups is 2. The molecule has 0 aliphatic carbocycles. The molecular weight excluding hydrogens is 284 g/mol. The van der Waals surface area contributed by atoms with E-state index in [9.17, 15) is 9.59 Å². The number of para-hydroxylation sites is 1. The van der Waals surface area contributed by atoms with E-state index in [1.165, 1.54) is 6.08 Å². The molecule has 0 fully saturated rings. The summed E-state index contributed by atoms with van der Waals surface area (Å²) in [5.41, 5.74) is 0.960. The maximum Gasteiger partial charge on any atom is 0.253 e. The lowest BCUT2D eigenvalue weighted by Crippen LogP contribution is -2.24. The summed E-state index contributed by atoms with van der Waals surface area (Å²) in [7, 11) is 0. The lowest BCUT2D eigenvalue weighted by molar-refractivity contribution is -0.111. The molecule has 1 aromatic carbocycles. The fourth-order valence-corrected chi connectivity index (χ4v) is 2.38. The molecule has 1 heterocycles. The Kier molecular flexibility index (Phi) is 5.29. The van der Waals surface area contributed by atoms with E-state index >= 15 is 0 Å². The van der Waals surface area contributed by atoms with Gasteiger partial charge in [-0.05, 0) is 36.6 Å². The molecule has 2 N–H and O–H groups in total. The summed E-state index contributed by atoms with van der Waals surface area (Å²) in [5, 5.41) is 7.40. The largest absolute Gasteiger partial charge is 0.352 e. The van der Waals surface area contributed by atoms with Gasteiger partial charge in [0, 0.05) is 17.5 Å². The van der Waals surface area contributed by atoms with E-state index in [0.717, 1.165) is 4.88 Å². The maximum atomic E-state index is 11.9. The Morgan fingerprint density at radius 3 is 2.71 bits per heavy atom. The Balaban J connectivity index is 2.08. The normalized spacial score (nSPS) is 10.5. The smallest absolute Gasteiger partial charge is 0.253 e. The van der Waals surface area contributed by atoms with Gasteiger partial charge in [-0.3, -0.25) is 9.59 Å². The minimum atomic E-state index is -0.264. The van der Waals surface area contributed by atoms with Crippen molar-refractivity contribution in [2.75, 3.05) is 11.9 Å². The van der Waals surface area contributed by atoms with Gasteiger partial charge in [0.15, 0.2) is 0 Å². The van der Waals surface area contributed by atoms with Gasteiger partial charge < -0.3 is 10.6 Å². The molecule has 0 bridgehead atoms. The molecule has 0 spiro atoms. The second kappa shape index (κ2) is 7.40. The second-order valence-corrected chi connectivity index (χ2v) is 5.22. The van der Waals surface area contributed by atoms with Crippen molar-refractivity contribution in [3.63, 3.8) is 0 Å². The Labute approximate surface area is 127 Å². The highest BCUT2D eigenvalue weighted by atomic mass is 32.1. The van der Waals surface area contributed by atoms with Gasteiger partial charge in [-0.15, -0.1) is 11.3 Å². The van der Waals surface area contributed by atoms with Crippen LogP contribution in [0.15, 0.2) is 47.9 Å². The molecular formula is C16H16N2O2S. The molecule has 0 radical (unpaired) electrons. The maximum absolute atomic E-state index is 11.9. The summed E-state index contributed by atoms with van der Waals surface area (Å²) in [6.45, 7) is 2.39. The van der Waals surface area contributed by atoms with Crippen LogP contribution in [0.4, 0.5) is 5.69 Å². The Bertz CT molecular complexity index is 648. The number of benzene rings is 1. The molecule has 2 rings (SSSR count). The number of rotatable bonds is 5. The van der Waals surface area contributed by atoms with Gasteiger partial charge in [0.1, 0.15) is 0 Å². The van der Waals surface area contributed by atoms with Crippen LogP contribution in [0.25, 0.3) is 6.08 Å². The molecule has 0 aliphatic heterocycles. The van der Waals surface area contributed by atoms with E-state index in [0.29, 0.717) is 17.8 Å². The van der Waals surface area contributed by atoms with Gasteiger partial charge in [-0.2, -0.15) is 0 Å². The van der Waals surface area contributed by atoms with Gasteiger partial charge in [-0.1, -0.05) is 18.2 Å². The molecule has 2 amide bonds. The van der Waals surface area contributed by atoms with Crippen molar-refractivity contribution in [3.8, 4) is 0 Å². The number of amides is 2. The number of thiophene rings is 1. The molecule has 0 saturated heterocycles. The van der Waals surface area contributed by atoms with Crippen LogP contribution in [-0.4, -0.2) is 18.4 Å². The van der Waals surface area contributed by atoms with Crippen LogP contribution in [-0.2, 0) is 4.79 Å². The van der Waals surface area contributed by atoms with Crippen molar-refractivity contribution in [3.05, 3.63) is 58.3 Å². The van der Waals surface area contributed by atoms with E-state index < -0.39 is 0 Å². The third kappa shape index (κ3) is 4.29. The second-order valence-electron chi connectivity index (χ2n) is 4.24. The lowest BCUT2D eigenvalue weighted by Gasteiger charge is -2.09. The van der Waals surface area contributed by atoms with Crippen molar-refractivity contribution >= 4 is 34.9 Å². The SMILES string of the molecule is CCNC(=O)c1ccccc1NC(=O)/C=C/c1cccs1. The van der Waals surface area contributed by atoms with Crippen LogP contribution >= 0.6 is 11.3 Å². The number of carbonyl (C=O) groups excluding carboxylic acids is 2. The van der Waals surface area contributed by atoms with Gasteiger partial charge in [-0.25, -0.2) is 0 Å². The highest BCUT2D eigenvalue weighted by Gasteiger charge is 2.10. The van der Waals surface area contributed by atoms with Crippen molar-refractivity contribution in [2.45, 2.75) is 6.92 Å². The number of hydrogen-bond acceptors (Lipinski definition) is 3. The van der Waals surface area contributed by atoms with Crippen molar-refractivity contribution in [2.24, 2.45) is 0 Å². The summed E-state index contributed by atoms with van der Waals surface area (Å²) in [6.07, 6.45) is 3.20. The average molecular weight is 300 g/mol. The van der Waals surface area contributed by atoms with Crippen molar-refractivity contribution < 1.29 is 9.59 Å². The van der Waals surface area contributed by atoms with Crippen LogP contribution < -0.4 is 10.6 Å². The summed E-state index contributed by atoms with van der Waals surface area (Å²) in [6, 6.07) is 10.8. The fraction of sp³-hybridized carbons (Fsp3) is 0.125. The first-order valence-corrected chi connectivity index (χ1v) is 7.48. The van der Waals surface area contributed by atoms with E-state index in [-0.39, 0.29) is 11.8 Å². The topological polar surface area (TPSA) is 58.2 Å². The van der Waals surface area contributed by atoms with Gasteiger partial charge in [0.25, 0.3) is 5.91 Å². The quantitative estimate of drug-likeness (QED) is 0.833. The molecule has 0 saturated carbocycles. The molecule has 4 nitrogen and oxygen atoms in total. The van der Waals surface area contributed by atoms with Crippen LogP contribution in [0.5, 0.6) is 0 Å². The Morgan fingerprint density at radius 2 is 2.00 bits per heavy atom. The van der Waals surface area contributed by atoms with E-state index in [1.54, 1.807) is 41.7 Å². The first kappa shape index (κ1) is 15.0. The van der Waals surface area contributed by atoms with Crippen molar-refractivity contribution in [1.29, 1.82) is 0 Å². The van der Waals surface area contributed by atoms with Crippen molar-refractivity contribution in [1.82, 2.24) is 5.32 Å². The summed E-state index contributed by atoms with van der Waals surface area (Å²) >= 11 is 1.55. The van der Waals surface area contributed by atoms with Crippen LogP contribution in [0.3, 0.4) is 0 Å². The van der Waals surface area contributed by atoms with Gasteiger partial charge in [0.2, 0.25) is 5.91 Å². The molecule has 0 unspecified atom stereocenters. The fourth-order valence-electron chi connectivity index (χ4n) is 1.76. The predicted octanol–water partition coefficient (Wildman–Crippen LogP) is 3.15. The third-order valence-corrected chi connectivity index (χ3v) is 3.55. The van der Waals surface area contributed by atoms with E-state index in [1.807, 2.05) is 24.4 Å².